The monoisotopic (exact) mass is 869 g/mol. The molecule has 0 amide bonds. The van der Waals surface area contributed by atoms with Crippen molar-refractivity contribution in [2.24, 2.45) is 0 Å². The minimum absolute atomic E-state index is 0. The second kappa shape index (κ2) is 30.9. The Morgan fingerprint density at radius 3 is 1.46 bits per heavy atom. The van der Waals surface area contributed by atoms with Gasteiger partial charge in [-0.25, -0.2) is 9.59 Å². The first-order valence-electron chi connectivity index (χ1n) is 15.7. The number of carbonyl (C=O) groups is 3. The van der Waals surface area contributed by atoms with Crippen LogP contribution in [0.5, 0.6) is 0 Å². The number of carboxylic acids is 2. The summed E-state index contributed by atoms with van der Waals surface area (Å²) in [5.74, 6) is -1.99. The summed E-state index contributed by atoms with van der Waals surface area (Å²) in [4.78, 5) is 32.8. The largest absolute Gasteiger partial charge is 1.00 e. The molecule has 276 valence electrons. The van der Waals surface area contributed by atoms with Gasteiger partial charge < -0.3 is 36.9 Å². The molecule has 0 saturated carbocycles. The van der Waals surface area contributed by atoms with Crippen LogP contribution in [0.2, 0.25) is 0 Å². The zero-order valence-electron chi connectivity index (χ0n) is 31.5. The van der Waals surface area contributed by atoms with Crippen LogP contribution < -0.4 is 113 Å². The van der Waals surface area contributed by atoms with Gasteiger partial charge in [-0.1, -0.05) is 143 Å². The molecule has 0 aliphatic rings. The van der Waals surface area contributed by atoms with Gasteiger partial charge in [0.1, 0.15) is 6.61 Å². The summed E-state index contributed by atoms with van der Waals surface area (Å²) in [6, 6.07) is 50.7. The third-order valence-corrected chi connectivity index (χ3v) is 7.62. The number of carboxylic acid groups (broad SMARTS) is 2. The molecule has 6 aromatic carbocycles. The molecule has 15 heteroatoms. The van der Waals surface area contributed by atoms with Crippen LogP contribution >= 0.6 is 15.9 Å². The van der Waals surface area contributed by atoms with Crippen molar-refractivity contribution in [3.8, 4) is 39.4 Å². The van der Waals surface area contributed by atoms with Crippen LogP contribution in [0.15, 0.2) is 162 Å². The van der Waals surface area contributed by atoms with Crippen LogP contribution in [-0.4, -0.2) is 57.5 Å². The molecule has 11 nitrogen and oxygen atoms in total. The zero-order chi connectivity index (χ0) is 39.7. The predicted molar refractivity (Wildman–Crippen MR) is 208 cm³/mol. The van der Waals surface area contributed by atoms with Crippen LogP contribution in [0.1, 0.15) is 22.1 Å². The van der Waals surface area contributed by atoms with Gasteiger partial charge in [-0.15, -0.1) is 0 Å². The summed E-state index contributed by atoms with van der Waals surface area (Å²) in [5.41, 5.74) is 7.17. The molecule has 0 aliphatic heterocycles. The van der Waals surface area contributed by atoms with Gasteiger partial charge in [0.25, 0.3) is 6.47 Å². The first kappa shape index (κ1) is 52.9. The average Bonchev–Trinajstić information content (AvgIpc) is 3.22. The summed E-state index contributed by atoms with van der Waals surface area (Å²) in [6.07, 6.45) is 0. The number of hydrogen-bond donors (Lipinski definition) is 5. The average molecular weight is 871 g/mol. The number of aliphatic hydroxyl groups excluding tert-OH is 1. The zero-order valence-corrected chi connectivity index (χ0v) is 38.3. The SMILES string of the molecule is Brc1ccccc1-c1ccccc1.N#CCO.O=C(O)c1cccc(-c2ccccc2-c2ccccc2)c1.O=C(O)c1cccc(B(O)O)c1.O=CO[O-].[H-].[K+].[K+]. The van der Waals surface area contributed by atoms with Gasteiger partial charge in [0.15, 0.2) is 0 Å². The Morgan fingerprint density at radius 1 is 0.661 bits per heavy atom. The van der Waals surface area contributed by atoms with E-state index in [-0.39, 0.29) is 128 Å². The summed E-state index contributed by atoms with van der Waals surface area (Å²) in [5, 5.41) is 58.4. The van der Waals surface area contributed by atoms with E-state index in [2.05, 4.69) is 75.4 Å². The van der Waals surface area contributed by atoms with Crippen LogP contribution in [-0.2, 0) is 9.68 Å². The van der Waals surface area contributed by atoms with Crippen molar-refractivity contribution in [2.75, 3.05) is 6.61 Å². The fourth-order valence-electron chi connectivity index (χ4n) is 4.57. The third kappa shape index (κ3) is 19.4. The van der Waals surface area contributed by atoms with Crippen LogP contribution in [0.3, 0.4) is 0 Å². The molecule has 0 fully saturated rings. The van der Waals surface area contributed by atoms with Crippen molar-refractivity contribution >= 4 is 46.9 Å². The Kier molecular flexibility index (Phi) is 29.2. The third-order valence-electron chi connectivity index (χ3n) is 6.93. The Balaban J connectivity index is 0. The molecule has 0 unspecified atom stereocenters. The molecule has 0 heterocycles. The van der Waals surface area contributed by atoms with Gasteiger partial charge in [0, 0.05) is 4.47 Å². The minimum atomic E-state index is -1.62. The van der Waals surface area contributed by atoms with Gasteiger partial charge in [0.2, 0.25) is 0 Å². The summed E-state index contributed by atoms with van der Waals surface area (Å²) in [6.45, 7) is -0.556. The topological polar surface area (TPSA) is 208 Å². The number of aliphatic hydroxyl groups is 1. The predicted octanol–water partition coefficient (Wildman–Crippen LogP) is -0.0430. The summed E-state index contributed by atoms with van der Waals surface area (Å²) < 4.78 is 1.14. The van der Waals surface area contributed by atoms with Crippen molar-refractivity contribution < 1.29 is 154 Å². The van der Waals surface area contributed by atoms with Gasteiger partial charge in [-0.2, -0.15) is 5.26 Å². The standard InChI is InChI=1S/C19H14O2.C12H9Br.C7H7BO4.C2H3NO.CH2O3.2K.H/c20-19(21)16-10-6-9-15(13-16)18-12-5-4-11-17(18)14-7-2-1-3-8-14;13-12-9-5-4-8-11(12)10-6-2-1-3-7-10;9-7(10)5-2-1-3-6(4-5)8(11)12;3-1-2-4;2-1-4-3;;;/h1-13H,(H,20,21);1-9H;1-4,11-12H,(H,9,10);4H,2H2;1,3H;;;/q;;;;;2*+1;-1/p-1. The van der Waals surface area contributed by atoms with E-state index in [4.69, 9.17) is 40.7 Å². The summed E-state index contributed by atoms with van der Waals surface area (Å²) >= 11 is 3.53. The van der Waals surface area contributed by atoms with E-state index in [1.165, 1.54) is 41.5 Å². The first-order valence-corrected chi connectivity index (χ1v) is 16.5. The normalized spacial score (nSPS) is 8.93. The first-order chi connectivity index (χ1) is 26.1. The Morgan fingerprint density at radius 2 is 1.04 bits per heavy atom. The maximum atomic E-state index is 11.1. The van der Waals surface area contributed by atoms with E-state index in [1.807, 2.05) is 60.7 Å². The minimum Gasteiger partial charge on any atom is -1.00 e. The van der Waals surface area contributed by atoms with Crippen LogP contribution in [0, 0.1) is 11.3 Å². The maximum absolute atomic E-state index is 11.1. The quantitative estimate of drug-likeness (QED) is 0.0473. The van der Waals surface area contributed by atoms with Gasteiger partial charge in [-0.05, 0) is 69.2 Å². The van der Waals surface area contributed by atoms with Crippen molar-refractivity contribution in [3.05, 3.63) is 173 Å². The van der Waals surface area contributed by atoms with Crippen molar-refractivity contribution in [1.82, 2.24) is 0 Å². The molecule has 0 bridgehead atoms. The number of carbonyl (C=O) groups excluding carboxylic acids is 1. The molecular formula is C41H35BBrK2NO10. The van der Waals surface area contributed by atoms with Gasteiger partial charge in [-0.3, -0.25) is 4.79 Å². The molecule has 0 spiro atoms. The molecule has 56 heavy (non-hydrogen) atoms. The maximum Gasteiger partial charge on any atom is 1.00 e. The van der Waals surface area contributed by atoms with E-state index >= 15 is 0 Å². The number of nitriles is 1. The Labute approximate surface area is 419 Å². The fourth-order valence-corrected chi connectivity index (χ4v) is 5.08. The van der Waals surface area contributed by atoms with Crippen molar-refractivity contribution in [2.45, 2.75) is 0 Å². The number of halogens is 1. The number of hydrogen-bond acceptors (Lipinski definition) is 9. The second-order valence-corrected chi connectivity index (χ2v) is 11.3. The Hall–Kier alpha value is -3.12. The number of nitrogens with zero attached hydrogens (tertiary/aromatic N) is 1. The van der Waals surface area contributed by atoms with E-state index in [0.29, 0.717) is 5.56 Å². The molecule has 0 saturated heterocycles. The second-order valence-electron chi connectivity index (χ2n) is 10.5. The smallest absolute Gasteiger partial charge is 1.00 e. The van der Waals surface area contributed by atoms with E-state index in [9.17, 15) is 9.59 Å². The van der Waals surface area contributed by atoms with Gasteiger partial charge in [0.05, 0.1) is 17.2 Å². The summed E-state index contributed by atoms with van der Waals surface area (Å²) in [7, 11) is -1.62. The number of benzene rings is 6. The van der Waals surface area contributed by atoms with E-state index in [0.717, 1.165) is 26.7 Å². The number of aromatic carboxylic acids is 2. The molecule has 6 rings (SSSR count). The van der Waals surface area contributed by atoms with Crippen molar-refractivity contribution in [3.63, 3.8) is 0 Å². The van der Waals surface area contributed by atoms with E-state index in [1.54, 1.807) is 18.2 Å². The number of rotatable bonds is 7. The molecule has 0 atom stereocenters. The molecule has 0 radical (unpaired) electrons. The van der Waals surface area contributed by atoms with Crippen LogP contribution in [0.4, 0.5) is 0 Å². The fraction of sp³-hybridized carbons (Fsp3) is 0.0244. The molecule has 6 aromatic rings. The molecular weight excluding hydrogens is 835 g/mol. The molecule has 0 aliphatic carbocycles. The van der Waals surface area contributed by atoms with Crippen molar-refractivity contribution in [1.29, 1.82) is 5.26 Å². The van der Waals surface area contributed by atoms with Crippen LogP contribution in [0.25, 0.3) is 33.4 Å². The van der Waals surface area contributed by atoms with Gasteiger partial charge >= 0.3 is 122 Å². The Bertz CT molecular complexity index is 2110. The molecule has 5 N–H and O–H groups in total. The van der Waals surface area contributed by atoms with E-state index < -0.39 is 19.1 Å². The molecule has 0 aromatic heterocycles.